The summed E-state index contributed by atoms with van der Waals surface area (Å²) in [7, 11) is 0. The maximum absolute atomic E-state index is 10.3. The number of fused-ring (bicyclic) bond motifs is 10. The highest BCUT2D eigenvalue weighted by molar-refractivity contribution is 6.10. The van der Waals surface area contributed by atoms with Gasteiger partial charge in [-0.1, -0.05) is 48.5 Å². The molecule has 0 aliphatic heterocycles. The molecule has 0 radical (unpaired) electrons. The van der Waals surface area contributed by atoms with Crippen molar-refractivity contribution in [3.63, 3.8) is 0 Å². The van der Waals surface area contributed by atoms with Crippen LogP contribution in [0, 0.1) is 22.7 Å². The van der Waals surface area contributed by atoms with Crippen LogP contribution in [-0.4, -0.2) is 4.57 Å². The minimum atomic E-state index is 0.615. The quantitative estimate of drug-likeness (QED) is 0.214. The maximum Gasteiger partial charge on any atom is 0.174 e. The Kier molecular flexibility index (Phi) is 4.80. The van der Waals surface area contributed by atoms with Crippen LogP contribution in [0.4, 0.5) is 0 Å². The van der Waals surface area contributed by atoms with Crippen molar-refractivity contribution in [2.24, 2.45) is 0 Å². The predicted molar refractivity (Wildman–Crippen MR) is 168 cm³/mol. The first-order valence-electron chi connectivity index (χ1n) is 14.3. The second-order valence-electron chi connectivity index (χ2n) is 11.0. The molecule has 43 heavy (non-hydrogen) atoms. The molecule has 9 rings (SSSR count). The molecule has 0 N–H and O–H groups in total. The molecule has 0 saturated carbocycles. The molecule has 0 amide bonds. The molecule has 0 unspecified atom stereocenters. The summed E-state index contributed by atoms with van der Waals surface area (Å²) in [5.41, 5.74) is 9.97. The van der Waals surface area contributed by atoms with Crippen molar-refractivity contribution < 1.29 is 8.83 Å². The number of hydrogen-bond donors (Lipinski definition) is 0. The first kappa shape index (κ1) is 23.6. The van der Waals surface area contributed by atoms with Crippen LogP contribution in [0.3, 0.4) is 0 Å². The van der Waals surface area contributed by atoms with Crippen LogP contribution in [0.5, 0.6) is 0 Å². The van der Waals surface area contributed by atoms with Crippen LogP contribution in [0.2, 0.25) is 0 Å². The van der Waals surface area contributed by atoms with Crippen LogP contribution >= 0.6 is 0 Å². The zero-order chi connectivity index (χ0) is 28.7. The van der Waals surface area contributed by atoms with Gasteiger partial charge in [-0.15, -0.1) is 0 Å². The van der Waals surface area contributed by atoms with E-state index < -0.39 is 0 Å². The lowest BCUT2D eigenvalue weighted by Crippen LogP contribution is -2.00. The van der Waals surface area contributed by atoms with Gasteiger partial charge in [0.05, 0.1) is 40.0 Å². The highest BCUT2D eigenvalue weighted by Crippen LogP contribution is 2.46. The molecule has 0 fully saturated rings. The molecule has 0 atom stereocenters. The van der Waals surface area contributed by atoms with Gasteiger partial charge in [-0.2, -0.15) is 10.5 Å². The molecule has 0 spiro atoms. The smallest absolute Gasteiger partial charge is 0.174 e. The number of furan rings is 2. The first-order chi connectivity index (χ1) is 21.2. The summed E-state index contributed by atoms with van der Waals surface area (Å²) in [6, 6.07) is 39.2. The Balaban J connectivity index is 1.28. The number of para-hydroxylation sites is 2. The van der Waals surface area contributed by atoms with E-state index in [-0.39, 0.29) is 0 Å². The maximum atomic E-state index is 10.3. The van der Waals surface area contributed by atoms with Crippen LogP contribution in [0.1, 0.15) is 22.3 Å². The van der Waals surface area contributed by atoms with E-state index in [2.05, 4.69) is 77.4 Å². The second-order valence-corrected chi connectivity index (χ2v) is 11.0. The summed E-state index contributed by atoms with van der Waals surface area (Å²) >= 11 is 0. The van der Waals surface area contributed by atoms with Crippen molar-refractivity contribution in [1.82, 2.24) is 4.57 Å². The Bertz CT molecular complexity index is 2490. The minimum Gasteiger partial charge on any atom is -0.452 e. The van der Waals surface area contributed by atoms with Gasteiger partial charge in [-0.25, -0.2) is 0 Å². The number of hydrogen-bond acceptors (Lipinski definition) is 4. The van der Waals surface area contributed by atoms with Crippen molar-refractivity contribution in [2.45, 2.75) is 12.8 Å². The van der Waals surface area contributed by atoms with E-state index in [1.54, 1.807) is 6.07 Å². The Labute approximate surface area is 246 Å². The standard InChI is InChI=1S/C38H21N3O2/c39-20-22-12-16-34-29(18-22)27-14-15-28-30-19-23(13-17-35(30)43-38(28)37(27)42-34)36-24(21-40)6-5-11-33(36)41-31-9-3-1-7-25(31)26-8-2-4-10-32(26)41/h1-13,16-19H,14-15H2. The molecule has 5 aromatic carbocycles. The fourth-order valence-electron chi connectivity index (χ4n) is 6.94. The number of nitrogens with zero attached hydrogens (tertiary/aromatic N) is 3. The van der Waals surface area contributed by atoms with E-state index in [0.717, 1.165) is 85.3 Å². The summed E-state index contributed by atoms with van der Waals surface area (Å²) in [4.78, 5) is 0. The average Bonchev–Trinajstić information content (AvgIpc) is 3.73. The van der Waals surface area contributed by atoms with Gasteiger partial charge in [-0.05, 0) is 73.0 Å². The van der Waals surface area contributed by atoms with Crippen LogP contribution in [0.15, 0.2) is 112 Å². The van der Waals surface area contributed by atoms with Crippen molar-refractivity contribution >= 4 is 43.7 Å². The molecule has 8 aromatic rings. The van der Waals surface area contributed by atoms with Crippen molar-refractivity contribution in [3.8, 4) is 40.5 Å². The lowest BCUT2D eigenvalue weighted by Gasteiger charge is -2.16. The lowest BCUT2D eigenvalue weighted by atomic mass is 9.91. The van der Waals surface area contributed by atoms with E-state index in [1.165, 1.54) is 10.8 Å². The summed E-state index contributed by atoms with van der Waals surface area (Å²) in [6.45, 7) is 0. The number of rotatable bonds is 2. The predicted octanol–water partition coefficient (Wildman–Crippen LogP) is 9.45. The topological polar surface area (TPSA) is 78.8 Å². The summed E-state index contributed by atoms with van der Waals surface area (Å²) in [5, 5.41) is 24.1. The summed E-state index contributed by atoms with van der Waals surface area (Å²) in [5.74, 6) is 1.49. The van der Waals surface area contributed by atoms with Crippen molar-refractivity contribution in [3.05, 3.63) is 125 Å². The van der Waals surface area contributed by atoms with E-state index in [1.807, 2.05) is 36.4 Å². The van der Waals surface area contributed by atoms with Gasteiger partial charge in [0.25, 0.3) is 0 Å². The van der Waals surface area contributed by atoms with Crippen LogP contribution in [0.25, 0.3) is 72.1 Å². The van der Waals surface area contributed by atoms with Gasteiger partial charge in [-0.3, -0.25) is 0 Å². The summed E-state index contributed by atoms with van der Waals surface area (Å²) in [6.07, 6.45) is 1.59. The monoisotopic (exact) mass is 551 g/mol. The molecule has 1 aliphatic rings. The molecule has 1 aliphatic carbocycles. The van der Waals surface area contributed by atoms with Crippen molar-refractivity contribution in [1.29, 1.82) is 10.5 Å². The van der Waals surface area contributed by atoms with Gasteiger partial charge in [0.15, 0.2) is 11.5 Å². The zero-order valence-corrected chi connectivity index (χ0v) is 22.9. The third kappa shape index (κ3) is 3.25. The van der Waals surface area contributed by atoms with E-state index in [4.69, 9.17) is 8.83 Å². The Hall–Kier alpha value is -6.04. The Morgan fingerprint density at radius 3 is 1.86 bits per heavy atom. The molecule has 3 heterocycles. The SMILES string of the molecule is N#Cc1ccc2oc3c(c2c1)CCc1c-3oc2ccc(-c3c(C#N)cccc3-n3c4ccccc4c4ccccc43)cc12. The molecule has 3 aromatic heterocycles. The van der Waals surface area contributed by atoms with Gasteiger partial charge in [0.1, 0.15) is 11.2 Å². The van der Waals surface area contributed by atoms with Gasteiger partial charge in [0, 0.05) is 38.2 Å². The molecular weight excluding hydrogens is 530 g/mol. The molecule has 200 valence electrons. The normalized spacial score (nSPS) is 12.4. The van der Waals surface area contributed by atoms with Gasteiger partial charge in [0.2, 0.25) is 0 Å². The Morgan fingerprint density at radius 1 is 0.581 bits per heavy atom. The highest BCUT2D eigenvalue weighted by atomic mass is 16.4. The third-order valence-electron chi connectivity index (χ3n) is 8.81. The fraction of sp³-hybridized carbons (Fsp3) is 0.0526. The molecule has 5 nitrogen and oxygen atoms in total. The molecule has 0 bridgehead atoms. The van der Waals surface area contributed by atoms with Gasteiger partial charge >= 0.3 is 0 Å². The van der Waals surface area contributed by atoms with E-state index in [9.17, 15) is 10.5 Å². The molecule has 5 heteroatoms. The fourth-order valence-corrected chi connectivity index (χ4v) is 6.94. The number of aryl methyl sites for hydroxylation is 2. The van der Waals surface area contributed by atoms with Crippen LogP contribution < -0.4 is 0 Å². The first-order valence-corrected chi connectivity index (χ1v) is 14.3. The third-order valence-corrected chi connectivity index (χ3v) is 8.81. The molecular formula is C38H21N3O2. The van der Waals surface area contributed by atoms with Crippen molar-refractivity contribution in [2.75, 3.05) is 0 Å². The van der Waals surface area contributed by atoms with Crippen LogP contribution in [-0.2, 0) is 12.8 Å². The largest absolute Gasteiger partial charge is 0.452 e. The number of benzene rings is 5. The summed E-state index contributed by atoms with van der Waals surface area (Å²) < 4.78 is 15.0. The van der Waals surface area contributed by atoms with Gasteiger partial charge < -0.3 is 13.4 Å². The zero-order valence-electron chi connectivity index (χ0n) is 22.9. The second kappa shape index (κ2) is 8.73. The number of nitriles is 2. The molecule has 0 saturated heterocycles. The number of aromatic nitrogens is 1. The van der Waals surface area contributed by atoms with E-state index in [0.29, 0.717) is 11.1 Å². The Morgan fingerprint density at radius 2 is 1.21 bits per heavy atom. The van der Waals surface area contributed by atoms with E-state index >= 15 is 0 Å². The lowest BCUT2D eigenvalue weighted by molar-refractivity contribution is 0.556. The average molecular weight is 552 g/mol. The highest BCUT2D eigenvalue weighted by Gasteiger charge is 2.29. The minimum absolute atomic E-state index is 0.615.